The monoisotopic (exact) mass is 278 g/mol. The molecule has 0 N–H and O–H groups in total. The molecule has 0 unspecified atom stereocenters. The number of benzene rings is 1. The molecule has 2 aromatic rings. The number of hydrogen-bond donors (Lipinski definition) is 0. The predicted molar refractivity (Wildman–Crippen MR) is 70.1 cm³/mol. The summed E-state index contributed by atoms with van der Waals surface area (Å²) in [5.41, 5.74) is 0.822. The molecule has 0 saturated heterocycles. The van der Waals surface area contributed by atoms with E-state index in [1.807, 2.05) is 6.07 Å². The molecule has 0 spiro atoms. The molecular formula is C12H11ClN4O2. The maximum atomic E-state index is 6.18. The summed E-state index contributed by atoms with van der Waals surface area (Å²) in [6, 6.07) is 3.63. The number of nitrogens with zero attached hydrogens (tertiary/aromatic N) is 4. The highest BCUT2D eigenvalue weighted by Crippen LogP contribution is 2.37. The van der Waals surface area contributed by atoms with Crippen LogP contribution in [0.15, 0.2) is 29.9 Å². The van der Waals surface area contributed by atoms with E-state index in [1.54, 1.807) is 12.3 Å². The normalized spacial score (nSPS) is 14.6. The Morgan fingerprint density at radius 2 is 2.00 bits per heavy atom. The van der Waals surface area contributed by atoms with Crippen LogP contribution in [-0.4, -0.2) is 34.3 Å². The first kappa shape index (κ1) is 12.0. The zero-order valence-electron chi connectivity index (χ0n) is 9.99. The van der Waals surface area contributed by atoms with Crippen LogP contribution in [-0.2, 0) is 0 Å². The molecule has 98 valence electrons. The van der Waals surface area contributed by atoms with Gasteiger partial charge >= 0.3 is 0 Å². The molecule has 1 aliphatic rings. The van der Waals surface area contributed by atoms with Crippen LogP contribution < -0.4 is 9.47 Å². The molecule has 0 aliphatic carbocycles. The molecule has 19 heavy (non-hydrogen) atoms. The molecule has 0 amide bonds. The van der Waals surface area contributed by atoms with E-state index in [2.05, 4.69) is 15.3 Å². The second kappa shape index (κ2) is 5.27. The Balaban J connectivity index is 1.91. The molecule has 1 aliphatic heterocycles. The molecule has 3 rings (SSSR count). The number of halogens is 1. The van der Waals surface area contributed by atoms with Crippen molar-refractivity contribution in [2.24, 2.45) is 5.10 Å². The first-order valence-corrected chi connectivity index (χ1v) is 6.19. The quantitative estimate of drug-likeness (QED) is 0.788. The van der Waals surface area contributed by atoms with E-state index in [0.717, 1.165) is 12.0 Å². The van der Waals surface area contributed by atoms with E-state index >= 15 is 0 Å². The van der Waals surface area contributed by atoms with E-state index < -0.39 is 0 Å². The van der Waals surface area contributed by atoms with Gasteiger partial charge in [-0.2, -0.15) is 5.10 Å². The minimum atomic E-state index is 0.518. The second-order valence-corrected chi connectivity index (χ2v) is 4.37. The minimum absolute atomic E-state index is 0.518. The van der Waals surface area contributed by atoms with Crippen LogP contribution in [0.5, 0.6) is 11.5 Å². The Kier molecular flexibility index (Phi) is 3.33. The number of rotatable bonds is 2. The predicted octanol–water partition coefficient (Wildman–Crippen LogP) is 1.98. The van der Waals surface area contributed by atoms with Crippen LogP contribution in [0.25, 0.3) is 0 Å². The zero-order valence-corrected chi connectivity index (χ0v) is 10.7. The molecule has 0 atom stereocenters. The fraction of sp³-hybridized carbons (Fsp3) is 0.250. The third-order valence-electron chi connectivity index (χ3n) is 2.57. The van der Waals surface area contributed by atoms with Gasteiger partial charge in [-0.1, -0.05) is 11.6 Å². The molecule has 2 heterocycles. The molecule has 1 aromatic carbocycles. The minimum Gasteiger partial charge on any atom is -0.489 e. The number of aromatic nitrogens is 3. The van der Waals surface area contributed by atoms with E-state index in [-0.39, 0.29) is 0 Å². The van der Waals surface area contributed by atoms with Crippen LogP contribution in [0.2, 0.25) is 5.02 Å². The third-order valence-corrected chi connectivity index (χ3v) is 2.85. The summed E-state index contributed by atoms with van der Waals surface area (Å²) in [5.74, 6) is 1.25. The molecular weight excluding hydrogens is 268 g/mol. The maximum Gasteiger partial charge on any atom is 0.179 e. The van der Waals surface area contributed by atoms with Crippen molar-refractivity contribution in [1.29, 1.82) is 0 Å². The van der Waals surface area contributed by atoms with Gasteiger partial charge in [0.05, 0.1) is 24.5 Å². The summed E-state index contributed by atoms with van der Waals surface area (Å²) in [6.45, 7) is 1.23. The van der Waals surface area contributed by atoms with Crippen molar-refractivity contribution in [3.05, 3.63) is 35.4 Å². The summed E-state index contributed by atoms with van der Waals surface area (Å²) < 4.78 is 12.7. The van der Waals surface area contributed by atoms with Crippen LogP contribution in [0, 0.1) is 0 Å². The molecule has 7 heteroatoms. The lowest BCUT2D eigenvalue weighted by atomic mass is 10.2. The van der Waals surface area contributed by atoms with Crippen molar-refractivity contribution in [2.75, 3.05) is 13.2 Å². The molecule has 0 bridgehead atoms. The van der Waals surface area contributed by atoms with E-state index in [4.69, 9.17) is 21.1 Å². The van der Waals surface area contributed by atoms with Gasteiger partial charge in [0.2, 0.25) is 0 Å². The van der Waals surface area contributed by atoms with Gasteiger partial charge in [-0.25, -0.2) is 4.68 Å². The van der Waals surface area contributed by atoms with Gasteiger partial charge in [0.1, 0.15) is 12.7 Å². The van der Waals surface area contributed by atoms with Gasteiger partial charge in [-0.05, 0) is 17.7 Å². The summed E-state index contributed by atoms with van der Waals surface area (Å²) in [5, 5.41) is 12.0. The van der Waals surface area contributed by atoms with Gasteiger partial charge in [0.15, 0.2) is 11.5 Å². The van der Waals surface area contributed by atoms with Gasteiger partial charge < -0.3 is 9.47 Å². The summed E-state index contributed by atoms with van der Waals surface area (Å²) >= 11 is 6.18. The lowest BCUT2D eigenvalue weighted by Crippen LogP contribution is -1.97. The number of fused-ring (bicyclic) bond motifs is 1. The summed E-state index contributed by atoms with van der Waals surface area (Å²) in [4.78, 5) is 0. The second-order valence-electron chi connectivity index (χ2n) is 3.97. The van der Waals surface area contributed by atoms with Crippen molar-refractivity contribution in [3.63, 3.8) is 0 Å². The van der Waals surface area contributed by atoms with Crippen LogP contribution >= 0.6 is 11.6 Å². The summed E-state index contributed by atoms with van der Waals surface area (Å²) in [7, 11) is 0. The van der Waals surface area contributed by atoms with Gasteiger partial charge in [0.25, 0.3) is 0 Å². The van der Waals surface area contributed by atoms with Crippen molar-refractivity contribution in [3.8, 4) is 11.5 Å². The van der Waals surface area contributed by atoms with Crippen LogP contribution in [0.3, 0.4) is 0 Å². The van der Waals surface area contributed by atoms with Crippen molar-refractivity contribution in [1.82, 2.24) is 14.9 Å². The topological polar surface area (TPSA) is 61.5 Å². The smallest absolute Gasteiger partial charge is 0.179 e. The summed E-state index contributed by atoms with van der Waals surface area (Å²) in [6.07, 6.45) is 5.50. The third kappa shape index (κ3) is 2.68. The standard InChI is InChI=1S/C12H11ClN4O2/c13-10-4-9(6-16-17-7-14-15-8-17)5-11-12(10)19-3-1-2-18-11/h4-8H,1-3H2/b16-6-. The molecule has 0 saturated carbocycles. The van der Waals surface area contributed by atoms with Crippen molar-refractivity contribution in [2.45, 2.75) is 6.42 Å². The first-order valence-electron chi connectivity index (χ1n) is 5.81. The number of ether oxygens (including phenoxy) is 2. The fourth-order valence-electron chi connectivity index (χ4n) is 1.71. The molecule has 0 fully saturated rings. The average molecular weight is 279 g/mol. The average Bonchev–Trinajstić information content (AvgIpc) is 2.81. The highest BCUT2D eigenvalue weighted by molar-refractivity contribution is 6.32. The number of hydrogen-bond acceptors (Lipinski definition) is 5. The van der Waals surface area contributed by atoms with E-state index in [0.29, 0.717) is 29.7 Å². The molecule has 0 radical (unpaired) electrons. The Hall–Kier alpha value is -2.08. The Morgan fingerprint density at radius 3 is 2.84 bits per heavy atom. The molecule has 1 aromatic heterocycles. The lowest BCUT2D eigenvalue weighted by molar-refractivity contribution is 0.297. The van der Waals surface area contributed by atoms with Crippen LogP contribution in [0.4, 0.5) is 0 Å². The Bertz CT molecular complexity index is 598. The highest BCUT2D eigenvalue weighted by atomic mass is 35.5. The zero-order chi connectivity index (χ0) is 13.1. The maximum absolute atomic E-state index is 6.18. The van der Waals surface area contributed by atoms with Gasteiger partial charge in [-0.3, -0.25) is 0 Å². The van der Waals surface area contributed by atoms with E-state index in [9.17, 15) is 0 Å². The Morgan fingerprint density at radius 1 is 1.21 bits per heavy atom. The van der Waals surface area contributed by atoms with Crippen molar-refractivity contribution >= 4 is 17.8 Å². The van der Waals surface area contributed by atoms with Gasteiger partial charge in [-0.15, -0.1) is 10.2 Å². The first-order chi connectivity index (χ1) is 9.33. The van der Waals surface area contributed by atoms with Crippen LogP contribution in [0.1, 0.15) is 12.0 Å². The van der Waals surface area contributed by atoms with Gasteiger partial charge in [0, 0.05) is 6.42 Å². The fourth-order valence-corrected chi connectivity index (χ4v) is 1.99. The largest absolute Gasteiger partial charge is 0.489 e. The highest BCUT2D eigenvalue weighted by Gasteiger charge is 2.14. The van der Waals surface area contributed by atoms with Crippen molar-refractivity contribution < 1.29 is 9.47 Å². The SMILES string of the molecule is Clc1cc(/C=N\n2cnnc2)cc2c1OCCCO2. The molecule has 6 nitrogen and oxygen atoms in total. The van der Waals surface area contributed by atoms with E-state index in [1.165, 1.54) is 17.3 Å². The lowest BCUT2D eigenvalue weighted by Gasteiger charge is -2.09. The Labute approximate surface area is 114 Å².